The molecule has 0 atom stereocenters. The van der Waals surface area contributed by atoms with Crippen molar-refractivity contribution in [3.8, 4) is 17.2 Å². The van der Waals surface area contributed by atoms with Crippen LogP contribution in [0.4, 0.5) is 8.78 Å². The van der Waals surface area contributed by atoms with E-state index in [1.807, 2.05) is 13.8 Å². The first kappa shape index (κ1) is 24.0. The van der Waals surface area contributed by atoms with Gasteiger partial charge in [0.2, 0.25) is 12.7 Å². The monoisotopic (exact) mass is 514 g/mol. The number of nitrogens with zero attached hydrogens (tertiary/aromatic N) is 1. The van der Waals surface area contributed by atoms with Gasteiger partial charge in [-0.3, -0.25) is 9.79 Å². The molecular formula is C17H25F2IN4O4. The molecule has 1 aromatic rings. The van der Waals surface area contributed by atoms with Crippen LogP contribution in [0, 0.1) is 5.92 Å². The molecule has 1 aromatic carbocycles. The highest BCUT2D eigenvalue weighted by Crippen LogP contribution is 2.38. The Balaban J connectivity index is 0.00000392. The van der Waals surface area contributed by atoms with E-state index in [1.165, 1.54) is 6.07 Å². The summed E-state index contributed by atoms with van der Waals surface area (Å²) in [7, 11) is 1.58. The van der Waals surface area contributed by atoms with E-state index < -0.39 is 6.61 Å². The van der Waals surface area contributed by atoms with E-state index in [2.05, 4.69) is 25.7 Å². The van der Waals surface area contributed by atoms with Crippen LogP contribution in [0.2, 0.25) is 0 Å². The molecule has 2 rings (SSSR count). The summed E-state index contributed by atoms with van der Waals surface area (Å²) in [6.45, 7) is 1.77. The SMILES string of the molecule is CN=C(NCCNC(=O)C(C)C)NCc1cc2c(cc1OC(F)F)OCO2.I. The fourth-order valence-corrected chi connectivity index (χ4v) is 2.28. The molecule has 0 saturated carbocycles. The number of aliphatic imine (C=N–C) groups is 1. The van der Waals surface area contributed by atoms with Crippen LogP contribution in [0.15, 0.2) is 17.1 Å². The molecule has 0 unspecified atom stereocenters. The van der Waals surface area contributed by atoms with Crippen molar-refractivity contribution in [3.63, 3.8) is 0 Å². The van der Waals surface area contributed by atoms with Crippen molar-refractivity contribution in [2.24, 2.45) is 10.9 Å². The van der Waals surface area contributed by atoms with Gasteiger partial charge in [0, 0.05) is 44.2 Å². The van der Waals surface area contributed by atoms with E-state index in [4.69, 9.17) is 9.47 Å². The third kappa shape index (κ3) is 7.17. The molecule has 0 spiro atoms. The Morgan fingerprint density at radius 2 is 1.82 bits per heavy atom. The summed E-state index contributed by atoms with van der Waals surface area (Å²) in [6, 6.07) is 2.96. The van der Waals surface area contributed by atoms with E-state index in [-0.39, 0.29) is 54.9 Å². The fourth-order valence-electron chi connectivity index (χ4n) is 2.28. The normalized spacial score (nSPS) is 12.6. The molecular weight excluding hydrogens is 489 g/mol. The Hall–Kier alpha value is -2.05. The quantitative estimate of drug-likeness (QED) is 0.213. The molecule has 1 aliphatic heterocycles. The first-order valence-corrected chi connectivity index (χ1v) is 8.50. The van der Waals surface area contributed by atoms with Crippen LogP contribution in [0.25, 0.3) is 0 Å². The van der Waals surface area contributed by atoms with Crippen LogP contribution in [0.5, 0.6) is 17.2 Å². The van der Waals surface area contributed by atoms with Crippen molar-refractivity contribution in [2.75, 3.05) is 26.9 Å². The summed E-state index contributed by atoms with van der Waals surface area (Å²) in [5.41, 5.74) is 0.468. The summed E-state index contributed by atoms with van der Waals surface area (Å²) in [4.78, 5) is 15.6. The van der Waals surface area contributed by atoms with Crippen molar-refractivity contribution in [1.82, 2.24) is 16.0 Å². The number of halogens is 3. The summed E-state index contributed by atoms with van der Waals surface area (Å²) >= 11 is 0. The Morgan fingerprint density at radius 3 is 2.43 bits per heavy atom. The average Bonchev–Trinajstić information content (AvgIpc) is 3.07. The van der Waals surface area contributed by atoms with Crippen molar-refractivity contribution in [3.05, 3.63) is 17.7 Å². The van der Waals surface area contributed by atoms with Crippen LogP contribution in [0.3, 0.4) is 0 Å². The van der Waals surface area contributed by atoms with Crippen LogP contribution < -0.4 is 30.2 Å². The molecule has 0 bridgehead atoms. The van der Waals surface area contributed by atoms with E-state index in [0.29, 0.717) is 36.1 Å². The number of carbonyl (C=O) groups is 1. The molecule has 11 heteroatoms. The molecule has 1 heterocycles. The maximum Gasteiger partial charge on any atom is 0.387 e. The Labute approximate surface area is 179 Å². The van der Waals surface area contributed by atoms with Gasteiger partial charge in [0.15, 0.2) is 17.5 Å². The predicted molar refractivity (Wildman–Crippen MR) is 111 cm³/mol. The van der Waals surface area contributed by atoms with Crippen molar-refractivity contribution in [2.45, 2.75) is 27.0 Å². The minimum atomic E-state index is -2.95. The number of hydrogen-bond acceptors (Lipinski definition) is 5. The Bertz CT molecular complexity index is 689. The summed E-state index contributed by atoms with van der Waals surface area (Å²) in [5.74, 6) is 1.16. The second-order valence-corrected chi connectivity index (χ2v) is 5.99. The summed E-state index contributed by atoms with van der Waals surface area (Å²) in [6.07, 6.45) is 0. The van der Waals surface area contributed by atoms with Gasteiger partial charge in [-0.05, 0) is 6.07 Å². The molecule has 8 nitrogen and oxygen atoms in total. The zero-order valence-corrected chi connectivity index (χ0v) is 18.2. The molecule has 0 saturated heterocycles. The van der Waals surface area contributed by atoms with Gasteiger partial charge in [0.25, 0.3) is 0 Å². The first-order valence-electron chi connectivity index (χ1n) is 8.50. The van der Waals surface area contributed by atoms with Crippen LogP contribution in [-0.2, 0) is 11.3 Å². The predicted octanol–water partition coefficient (Wildman–Crippen LogP) is 2.07. The molecule has 28 heavy (non-hydrogen) atoms. The lowest BCUT2D eigenvalue weighted by Crippen LogP contribution is -2.41. The second-order valence-electron chi connectivity index (χ2n) is 5.99. The number of alkyl halides is 2. The molecule has 0 aromatic heterocycles. The lowest BCUT2D eigenvalue weighted by Gasteiger charge is -2.15. The highest BCUT2D eigenvalue weighted by atomic mass is 127. The highest BCUT2D eigenvalue weighted by molar-refractivity contribution is 14.0. The zero-order valence-electron chi connectivity index (χ0n) is 15.9. The van der Waals surface area contributed by atoms with Gasteiger partial charge in [0.1, 0.15) is 5.75 Å². The van der Waals surface area contributed by atoms with Crippen molar-refractivity contribution in [1.29, 1.82) is 0 Å². The topological polar surface area (TPSA) is 93.2 Å². The van der Waals surface area contributed by atoms with Crippen LogP contribution >= 0.6 is 24.0 Å². The third-order valence-electron chi connectivity index (χ3n) is 3.68. The standard InChI is InChI=1S/C17H24F2N4O4.HI/c1-10(2)15(24)21-4-5-22-17(20-3)23-8-11-6-13-14(26-9-25-13)7-12(11)27-16(18)19;/h6-7,10,16H,4-5,8-9H2,1-3H3,(H,21,24)(H2,20,22,23);1H. The van der Waals surface area contributed by atoms with Gasteiger partial charge in [-0.2, -0.15) is 8.78 Å². The molecule has 0 radical (unpaired) electrons. The van der Waals surface area contributed by atoms with Crippen molar-refractivity contribution >= 4 is 35.8 Å². The number of amides is 1. The summed E-state index contributed by atoms with van der Waals surface area (Å²) in [5, 5.41) is 8.81. The van der Waals surface area contributed by atoms with Crippen LogP contribution in [0.1, 0.15) is 19.4 Å². The minimum Gasteiger partial charge on any atom is -0.454 e. The number of guanidine groups is 1. The fraction of sp³-hybridized carbons (Fsp3) is 0.529. The lowest BCUT2D eigenvalue weighted by atomic mass is 10.1. The van der Waals surface area contributed by atoms with Crippen LogP contribution in [-0.4, -0.2) is 45.4 Å². The summed E-state index contributed by atoms with van der Waals surface area (Å²) < 4.78 is 40.3. The number of hydrogen-bond donors (Lipinski definition) is 3. The number of rotatable bonds is 8. The highest BCUT2D eigenvalue weighted by Gasteiger charge is 2.20. The minimum absolute atomic E-state index is 0. The molecule has 0 aliphatic carbocycles. The number of ether oxygens (including phenoxy) is 3. The zero-order chi connectivity index (χ0) is 19.8. The molecule has 0 fully saturated rings. The van der Waals surface area contributed by atoms with E-state index >= 15 is 0 Å². The van der Waals surface area contributed by atoms with E-state index in [1.54, 1.807) is 13.1 Å². The number of fused-ring (bicyclic) bond motifs is 1. The average molecular weight is 514 g/mol. The smallest absolute Gasteiger partial charge is 0.387 e. The largest absolute Gasteiger partial charge is 0.454 e. The van der Waals surface area contributed by atoms with Gasteiger partial charge in [-0.1, -0.05) is 13.8 Å². The van der Waals surface area contributed by atoms with E-state index in [0.717, 1.165) is 0 Å². The second kappa shape index (κ2) is 11.7. The Kier molecular flexibility index (Phi) is 10.0. The van der Waals surface area contributed by atoms with Gasteiger partial charge in [-0.15, -0.1) is 24.0 Å². The van der Waals surface area contributed by atoms with Crippen molar-refractivity contribution < 1.29 is 27.8 Å². The van der Waals surface area contributed by atoms with Gasteiger partial charge in [0.05, 0.1) is 0 Å². The number of carbonyl (C=O) groups excluding carboxylic acids is 1. The first-order chi connectivity index (χ1) is 12.9. The molecule has 1 aliphatic rings. The third-order valence-corrected chi connectivity index (χ3v) is 3.68. The Morgan fingerprint density at radius 1 is 1.18 bits per heavy atom. The van der Waals surface area contributed by atoms with Gasteiger partial charge < -0.3 is 30.2 Å². The molecule has 1 amide bonds. The molecule has 158 valence electrons. The number of benzene rings is 1. The van der Waals surface area contributed by atoms with Gasteiger partial charge >= 0.3 is 6.61 Å². The maximum atomic E-state index is 12.7. The van der Waals surface area contributed by atoms with E-state index in [9.17, 15) is 13.6 Å². The lowest BCUT2D eigenvalue weighted by molar-refractivity contribution is -0.123. The molecule has 3 N–H and O–H groups in total. The van der Waals surface area contributed by atoms with Gasteiger partial charge in [-0.25, -0.2) is 0 Å². The number of nitrogens with one attached hydrogen (secondary N) is 3. The maximum absolute atomic E-state index is 12.7.